The molecule has 124 valence electrons. The van der Waals surface area contributed by atoms with Crippen molar-refractivity contribution in [3.8, 4) is 0 Å². The minimum absolute atomic E-state index is 0.00647. The van der Waals surface area contributed by atoms with Gasteiger partial charge in [0.25, 0.3) is 5.91 Å². The van der Waals surface area contributed by atoms with Crippen LogP contribution < -0.4 is 0 Å². The Hall–Kier alpha value is -2.81. The average molecular weight is 336 g/mol. The molecule has 24 heavy (non-hydrogen) atoms. The summed E-state index contributed by atoms with van der Waals surface area (Å²) in [5, 5.41) is 14.6. The first kappa shape index (κ1) is 16.1. The third kappa shape index (κ3) is 2.73. The Kier molecular flexibility index (Phi) is 3.80. The molecule has 1 N–H and O–H groups in total. The van der Waals surface area contributed by atoms with E-state index in [0.29, 0.717) is 5.01 Å². The first-order chi connectivity index (χ1) is 11.3. The van der Waals surface area contributed by atoms with E-state index in [9.17, 15) is 23.1 Å². The minimum Gasteiger partial charge on any atom is -0.365 e. The first-order valence-corrected chi connectivity index (χ1v) is 6.84. The molecule has 0 saturated heterocycles. The molecule has 0 aromatic carbocycles. The van der Waals surface area contributed by atoms with Crippen LogP contribution in [0, 0.1) is 0 Å². The molecule has 1 aliphatic rings. The SMILES string of the molecule is O=C(c1cccnc1)N1N=C(C(F)(F)F)C[C@@]1(O)c1cccnc1. The second-order valence-corrected chi connectivity index (χ2v) is 5.14. The summed E-state index contributed by atoms with van der Waals surface area (Å²) in [6.45, 7) is 0. The lowest BCUT2D eigenvalue weighted by Crippen LogP contribution is -2.43. The monoisotopic (exact) mass is 336 g/mol. The minimum atomic E-state index is -4.76. The lowest BCUT2D eigenvalue weighted by Gasteiger charge is -2.31. The van der Waals surface area contributed by atoms with Crippen LogP contribution in [-0.2, 0) is 5.72 Å². The van der Waals surface area contributed by atoms with Crippen molar-refractivity contribution < 1.29 is 23.1 Å². The highest BCUT2D eigenvalue weighted by atomic mass is 19.4. The number of halogens is 3. The van der Waals surface area contributed by atoms with Crippen molar-refractivity contribution in [1.82, 2.24) is 15.0 Å². The predicted octanol–water partition coefficient (Wildman–Crippen LogP) is 2.09. The quantitative estimate of drug-likeness (QED) is 0.911. The second kappa shape index (κ2) is 5.68. The van der Waals surface area contributed by atoms with E-state index in [2.05, 4.69) is 15.1 Å². The van der Waals surface area contributed by atoms with Crippen LogP contribution >= 0.6 is 0 Å². The predicted molar refractivity (Wildman–Crippen MR) is 76.6 cm³/mol. The molecule has 1 atom stereocenters. The van der Waals surface area contributed by atoms with E-state index in [0.717, 1.165) is 0 Å². The third-order valence-electron chi connectivity index (χ3n) is 3.54. The zero-order valence-corrected chi connectivity index (χ0v) is 12.1. The molecule has 1 amide bonds. The highest BCUT2D eigenvalue weighted by molar-refractivity contribution is 5.99. The van der Waals surface area contributed by atoms with Crippen molar-refractivity contribution in [3.63, 3.8) is 0 Å². The fraction of sp³-hybridized carbons (Fsp3) is 0.200. The number of hydrogen-bond acceptors (Lipinski definition) is 5. The number of aromatic nitrogens is 2. The fourth-order valence-corrected chi connectivity index (χ4v) is 2.35. The van der Waals surface area contributed by atoms with Gasteiger partial charge in [-0.05, 0) is 18.2 Å². The van der Waals surface area contributed by atoms with Crippen molar-refractivity contribution in [2.75, 3.05) is 0 Å². The van der Waals surface area contributed by atoms with Gasteiger partial charge in [0.1, 0.15) is 5.71 Å². The van der Waals surface area contributed by atoms with Crippen LogP contribution in [0.1, 0.15) is 22.3 Å². The standard InChI is InChI=1S/C15H11F3N4O2/c16-15(17,18)12-7-14(24,11-4-2-6-20-9-11)22(21-12)13(23)10-3-1-5-19-8-10/h1-6,8-9,24H,7H2/t14-/m1/s1. The molecule has 0 bridgehead atoms. The molecule has 9 heteroatoms. The molecule has 0 fully saturated rings. The van der Waals surface area contributed by atoms with Crippen molar-refractivity contribution in [2.45, 2.75) is 18.3 Å². The summed E-state index contributed by atoms with van der Waals surface area (Å²) in [5.41, 5.74) is -3.48. The Bertz CT molecular complexity index is 780. The number of amides is 1. The van der Waals surface area contributed by atoms with Gasteiger partial charge in [-0.2, -0.15) is 23.3 Å². The third-order valence-corrected chi connectivity index (χ3v) is 3.54. The summed E-state index contributed by atoms with van der Waals surface area (Å²) in [6.07, 6.45) is -0.446. The van der Waals surface area contributed by atoms with Crippen LogP contribution in [0.4, 0.5) is 13.2 Å². The van der Waals surface area contributed by atoms with Gasteiger partial charge in [-0.15, -0.1) is 0 Å². The molecule has 0 aliphatic carbocycles. The van der Waals surface area contributed by atoms with Gasteiger partial charge in [0, 0.05) is 30.4 Å². The van der Waals surface area contributed by atoms with Gasteiger partial charge >= 0.3 is 6.18 Å². The van der Waals surface area contributed by atoms with Crippen molar-refractivity contribution in [3.05, 3.63) is 60.2 Å². The largest absolute Gasteiger partial charge is 0.431 e. The number of aliphatic hydroxyl groups is 1. The summed E-state index contributed by atoms with van der Waals surface area (Å²) in [5.74, 6) is -0.895. The molecule has 0 radical (unpaired) electrons. The van der Waals surface area contributed by atoms with E-state index in [1.54, 1.807) is 0 Å². The lowest BCUT2D eigenvalue weighted by molar-refractivity contribution is -0.0818. The maximum absolute atomic E-state index is 13.1. The molecule has 2 aromatic heterocycles. The molecule has 0 spiro atoms. The number of pyridine rings is 2. The Morgan fingerprint density at radius 2 is 1.83 bits per heavy atom. The summed E-state index contributed by atoms with van der Waals surface area (Å²) in [6, 6.07) is 5.66. The van der Waals surface area contributed by atoms with Crippen molar-refractivity contribution in [2.24, 2.45) is 5.10 Å². The van der Waals surface area contributed by atoms with E-state index >= 15 is 0 Å². The molecular formula is C15H11F3N4O2. The number of nitrogens with zero attached hydrogens (tertiary/aromatic N) is 4. The van der Waals surface area contributed by atoms with Gasteiger partial charge in [0.05, 0.1) is 12.0 Å². The van der Waals surface area contributed by atoms with Gasteiger partial charge in [-0.3, -0.25) is 14.8 Å². The topological polar surface area (TPSA) is 78.7 Å². The lowest BCUT2D eigenvalue weighted by atomic mass is 9.98. The molecule has 0 unspecified atom stereocenters. The zero-order chi connectivity index (χ0) is 17.4. The van der Waals surface area contributed by atoms with Crippen LogP contribution in [0.15, 0.2) is 54.2 Å². The van der Waals surface area contributed by atoms with Crippen molar-refractivity contribution >= 4 is 11.6 Å². The maximum atomic E-state index is 13.1. The highest BCUT2D eigenvalue weighted by Gasteiger charge is 2.53. The Labute approximate surface area is 134 Å². The van der Waals surface area contributed by atoms with Gasteiger partial charge in [-0.1, -0.05) is 6.07 Å². The Balaban J connectivity index is 2.07. The number of rotatable bonds is 2. The smallest absolute Gasteiger partial charge is 0.365 e. The molecule has 6 nitrogen and oxygen atoms in total. The molecule has 0 saturated carbocycles. The Morgan fingerprint density at radius 3 is 2.38 bits per heavy atom. The van der Waals surface area contributed by atoms with Gasteiger partial charge in [0.2, 0.25) is 0 Å². The second-order valence-electron chi connectivity index (χ2n) is 5.14. The highest BCUT2D eigenvalue weighted by Crippen LogP contribution is 2.39. The first-order valence-electron chi connectivity index (χ1n) is 6.84. The van der Waals surface area contributed by atoms with Crippen LogP contribution in [-0.4, -0.2) is 37.9 Å². The number of hydrogen-bond donors (Lipinski definition) is 1. The number of alkyl halides is 3. The molecule has 3 heterocycles. The van der Waals surface area contributed by atoms with E-state index in [1.165, 1.54) is 49.1 Å². The summed E-state index contributed by atoms with van der Waals surface area (Å²) in [4.78, 5) is 20.1. The number of carbonyl (C=O) groups excluding carboxylic acids is 1. The van der Waals surface area contributed by atoms with Crippen molar-refractivity contribution in [1.29, 1.82) is 0 Å². The summed E-state index contributed by atoms with van der Waals surface area (Å²) in [7, 11) is 0. The fourth-order valence-electron chi connectivity index (χ4n) is 2.35. The van der Waals surface area contributed by atoms with E-state index in [4.69, 9.17) is 0 Å². The summed E-state index contributed by atoms with van der Waals surface area (Å²) >= 11 is 0. The zero-order valence-electron chi connectivity index (χ0n) is 12.1. The van der Waals surface area contributed by atoms with E-state index < -0.39 is 29.9 Å². The average Bonchev–Trinajstić information content (AvgIpc) is 2.95. The van der Waals surface area contributed by atoms with Crippen LogP contribution in [0.3, 0.4) is 0 Å². The number of carbonyl (C=O) groups is 1. The van der Waals surface area contributed by atoms with Crippen LogP contribution in [0.5, 0.6) is 0 Å². The Morgan fingerprint density at radius 1 is 1.17 bits per heavy atom. The summed E-state index contributed by atoms with van der Waals surface area (Å²) < 4.78 is 39.2. The van der Waals surface area contributed by atoms with Gasteiger partial charge < -0.3 is 5.11 Å². The molecular weight excluding hydrogens is 325 g/mol. The molecule has 1 aliphatic heterocycles. The van der Waals surface area contributed by atoms with E-state index in [1.807, 2.05) is 0 Å². The van der Waals surface area contributed by atoms with Crippen LogP contribution in [0.2, 0.25) is 0 Å². The van der Waals surface area contributed by atoms with Gasteiger partial charge in [-0.25, -0.2) is 0 Å². The molecule has 2 aromatic rings. The maximum Gasteiger partial charge on any atom is 0.431 e. The van der Waals surface area contributed by atoms with E-state index in [-0.39, 0.29) is 11.1 Å². The molecule has 3 rings (SSSR count). The normalized spacial score (nSPS) is 20.8. The van der Waals surface area contributed by atoms with Gasteiger partial charge in [0.15, 0.2) is 5.72 Å². The number of hydrazone groups is 1. The van der Waals surface area contributed by atoms with Crippen LogP contribution in [0.25, 0.3) is 0 Å².